The van der Waals surface area contributed by atoms with Gasteiger partial charge in [-0.2, -0.15) is 0 Å². The van der Waals surface area contributed by atoms with Crippen molar-refractivity contribution >= 4 is 0 Å². The van der Waals surface area contributed by atoms with Crippen LogP contribution < -0.4 is 0 Å². The molecule has 0 aliphatic heterocycles. The van der Waals surface area contributed by atoms with Crippen LogP contribution in [0.25, 0.3) is 0 Å². The summed E-state index contributed by atoms with van der Waals surface area (Å²) in [5.74, 6) is 3.85. The molecule has 1 rings (SSSR count). The number of hydrogen-bond acceptors (Lipinski definition) is 0. The first-order valence-electron chi connectivity index (χ1n) is 6.65. The molecule has 0 saturated heterocycles. The van der Waals surface area contributed by atoms with E-state index >= 15 is 0 Å². The van der Waals surface area contributed by atoms with Gasteiger partial charge in [0.1, 0.15) is 0 Å². The molecule has 0 amide bonds. The molecule has 0 spiro atoms. The Morgan fingerprint density at radius 2 is 1.71 bits per heavy atom. The van der Waals surface area contributed by atoms with E-state index in [1.54, 1.807) is 0 Å². The molecule has 0 radical (unpaired) electrons. The first-order chi connectivity index (χ1) is 6.65. The Kier molecular flexibility index (Phi) is 4.98. The molecule has 0 aromatic carbocycles. The van der Waals surface area contributed by atoms with E-state index in [0.717, 1.165) is 23.7 Å². The minimum Gasteiger partial charge on any atom is -0.0651 e. The normalized spacial score (nSPS) is 31.5. The monoisotopic (exact) mass is 196 g/mol. The highest BCUT2D eigenvalue weighted by atomic mass is 14.3. The van der Waals surface area contributed by atoms with Gasteiger partial charge in [0.15, 0.2) is 0 Å². The van der Waals surface area contributed by atoms with E-state index in [4.69, 9.17) is 0 Å². The molecule has 3 atom stereocenters. The Labute approximate surface area is 90.5 Å². The molecule has 0 aromatic heterocycles. The van der Waals surface area contributed by atoms with Crippen molar-refractivity contribution in [1.82, 2.24) is 0 Å². The lowest BCUT2D eigenvalue weighted by molar-refractivity contribution is 0.226. The zero-order valence-electron chi connectivity index (χ0n) is 10.6. The van der Waals surface area contributed by atoms with Crippen LogP contribution in [0.5, 0.6) is 0 Å². The van der Waals surface area contributed by atoms with Gasteiger partial charge in [-0.1, -0.05) is 59.8 Å². The smallest absolute Gasteiger partial charge is 0.0383 e. The summed E-state index contributed by atoms with van der Waals surface area (Å²) in [7, 11) is 0. The van der Waals surface area contributed by atoms with Crippen molar-refractivity contribution in [3.63, 3.8) is 0 Å². The van der Waals surface area contributed by atoms with E-state index in [-0.39, 0.29) is 0 Å². The van der Waals surface area contributed by atoms with E-state index in [1.807, 2.05) is 0 Å². The van der Waals surface area contributed by atoms with Gasteiger partial charge in [0.25, 0.3) is 0 Å². The van der Waals surface area contributed by atoms with Crippen LogP contribution >= 0.6 is 0 Å². The van der Waals surface area contributed by atoms with Crippen LogP contribution in [0.15, 0.2) is 0 Å². The van der Waals surface area contributed by atoms with Crippen LogP contribution in [-0.4, -0.2) is 0 Å². The van der Waals surface area contributed by atoms with Gasteiger partial charge in [0.05, 0.1) is 0 Å². The largest absolute Gasteiger partial charge is 0.0651 e. The maximum Gasteiger partial charge on any atom is -0.0383 e. The number of rotatable bonds is 3. The zero-order valence-corrected chi connectivity index (χ0v) is 10.6. The van der Waals surface area contributed by atoms with Gasteiger partial charge < -0.3 is 0 Å². The van der Waals surface area contributed by atoms with Gasteiger partial charge >= 0.3 is 0 Å². The van der Waals surface area contributed by atoms with Crippen LogP contribution in [0.1, 0.15) is 66.2 Å². The molecule has 0 N–H and O–H groups in total. The lowest BCUT2D eigenvalue weighted by atomic mass is 9.78. The third-order valence-corrected chi connectivity index (χ3v) is 4.45. The Morgan fingerprint density at radius 1 is 1.07 bits per heavy atom. The van der Waals surface area contributed by atoms with Crippen molar-refractivity contribution < 1.29 is 0 Å². The molecule has 0 aromatic rings. The van der Waals surface area contributed by atoms with Crippen LogP contribution in [0.3, 0.4) is 0 Å². The second-order valence-corrected chi connectivity index (χ2v) is 5.66. The van der Waals surface area contributed by atoms with Gasteiger partial charge in [-0.05, 0) is 30.1 Å². The first-order valence-corrected chi connectivity index (χ1v) is 6.65. The fourth-order valence-electron chi connectivity index (χ4n) is 2.90. The molecule has 1 saturated carbocycles. The predicted octanol–water partition coefficient (Wildman–Crippen LogP) is 4.89. The maximum atomic E-state index is 2.47. The quantitative estimate of drug-likeness (QED) is 0.564. The average Bonchev–Trinajstić information content (AvgIpc) is 2.41. The lowest BCUT2D eigenvalue weighted by Crippen LogP contribution is -2.18. The third kappa shape index (κ3) is 3.29. The molecule has 1 fully saturated rings. The van der Waals surface area contributed by atoms with Gasteiger partial charge in [-0.25, -0.2) is 0 Å². The zero-order chi connectivity index (χ0) is 10.6. The Hall–Kier alpha value is 0. The number of hydrogen-bond donors (Lipinski definition) is 0. The summed E-state index contributed by atoms with van der Waals surface area (Å²) >= 11 is 0. The van der Waals surface area contributed by atoms with Crippen molar-refractivity contribution in [3.8, 4) is 0 Å². The molecule has 0 nitrogen and oxygen atoms in total. The second kappa shape index (κ2) is 5.78. The molecular formula is C14H28. The molecular weight excluding hydrogens is 168 g/mol. The predicted molar refractivity (Wildman–Crippen MR) is 64.4 cm³/mol. The van der Waals surface area contributed by atoms with E-state index in [0.29, 0.717) is 0 Å². The van der Waals surface area contributed by atoms with Crippen molar-refractivity contribution in [2.45, 2.75) is 66.2 Å². The Balaban J connectivity index is 2.49. The van der Waals surface area contributed by atoms with Crippen molar-refractivity contribution in [1.29, 1.82) is 0 Å². The molecule has 84 valence electrons. The third-order valence-electron chi connectivity index (χ3n) is 4.45. The van der Waals surface area contributed by atoms with E-state index in [1.165, 1.54) is 38.5 Å². The van der Waals surface area contributed by atoms with Crippen LogP contribution in [-0.2, 0) is 0 Å². The molecule has 1 aliphatic rings. The van der Waals surface area contributed by atoms with Crippen LogP contribution in [0, 0.1) is 23.7 Å². The summed E-state index contributed by atoms with van der Waals surface area (Å²) in [5.41, 5.74) is 0. The fourth-order valence-corrected chi connectivity index (χ4v) is 2.90. The van der Waals surface area contributed by atoms with E-state index in [2.05, 4.69) is 27.7 Å². The molecule has 14 heavy (non-hydrogen) atoms. The van der Waals surface area contributed by atoms with Crippen molar-refractivity contribution in [3.05, 3.63) is 0 Å². The minimum atomic E-state index is 0.871. The average molecular weight is 196 g/mol. The van der Waals surface area contributed by atoms with Gasteiger partial charge in [-0.15, -0.1) is 0 Å². The van der Waals surface area contributed by atoms with Crippen molar-refractivity contribution in [2.75, 3.05) is 0 Å². The summed E-state index contributed by atoms with van der Waals surface area (Å²) in [6.45, 7) is 9.60. The van der Waals surface area contributed by atoms with Crippen LogP contribution in [0.4, 0.5) is 0 Å². The molecule has 3 unspecified atom stereocenters. The highest BCUT2D eigenvalue weighted by molar-refractivity contribution is 4.76. The van der Waals surface area contributed by atoms with Gasteiger partial charge in [0, 0.05) is 0 Å². The Morgan fingerprint density at radius 3 is 2.29 bits per heavy atom. The maximum absolute atomic E-state index is 2.47. The minimum absolute atomic E-state index is 0.871. The summed E-state index contributed by atoms with van der Waals surface area (Å²) in [6, 6.07) is 0. The highest BCUT2D eigenvalue weighted by Crippen LogP contribution is 2.36. The summed E-state index contributed by atoms with van der Waals surface area (Å²) < 4.78 is 0. The molecule has 0 bridgehead atoms. The first kappa shape index (κ1) is 12.1. The van der Waals surface area contributed by atoms with E-state index < -0.39 is 0 Å². The standard InChI is InChI=1S/C14H28/c1-5-13-8-6-7-9-14(10-13)12(4)11(2)3/h11-14H,5-10H2,1-4H3. The fraction of sp³-hybridized carbons (Fsp3) is 1.00. The van der Waals surface area contributed by atoms with E-state index in [9.17, 15) is 0 Å². The molecule has 1 aliphatic carbocycles. The molecule has 0 heteroatoms. The van der Waals surface area contributed by atoms with Gasteiger partial charge in [-0.3, -0.25) is 0 Å². The lowest BCUT2D eigenvalue weighted by Gasteiger charge is -2.28. The summed E-state index contributed by atoms with van der Waals surface area (Å²) in [6.07, 6.45) is 8.88. The SMILES string of the molecule is CCC1CCCCC(C(C)C(C)C)C1. The van der Waals surface area contributed by atoms with Crippen molar-refractivity contribution in [2.24, 2.45) is 23.7 Å². The Bertz CT molecular complexity index is 148. The summed E-state index contributed by atoms with van der Waals surface area (Å²) in [4.78, 5) is 0. The second-order valence-electron chi connectivity index (χ2n) is 5.66. The highest BCUT2D eigenvalue weighted by Gasteiger charge is 2.25. The van der Waals surface area contributed by atoms with Gasteiger partial charge in [0.2, 0.25) is 0 Å². The van der Waals surface area contributed by atoms with Crippen LogP contribution in [0.2, 0.25) is 0 Å². The summed E-state index contributed by atoms with van der Waals surface area (Å²) in [5, 5.41) is 0. The topological polar surface area (TPSA) is 0 Å². The molecule has 0 heterocycles.